The summed E-state index contributed by atoms with van der Waals surface area (Å²) in [4.78, 5) is 49.5. The van der Waals surface area contributed by atoms with Gasteiger partial charge in [0, 0.05) is 26.1 Å². The van der Waals surface area contributed by atoms with Gasteiger partial charge in [0.05, 0.1) is 32.0 Å². The first-order valence-corrected chi connectivity index (χ1v) is 15.8. The van der Waals surface area contributed by atoms with Crippen LogP contribution in [0.2, 0.25) is 0 Å². The maximum absolute atomic E-state index is 14.2. The summed E-state index contributed by atoms with van der Waals surface area (Å²) in [6, 6.07) is 15.5. The minimum atomic E-state index is -1.15. The third kappa shape index (κ3) is 7.71. The molecule has 0 radical (unpaired) electrons. The van der Waals surface area contributed by atoms with Crippen LogP contribution in [0.4, 0.5) is 0 Å². The maximum atomic E-state index is 14.2. The number of amides is 3. The topological polar surface area (TPSA) is 136 Å². The monoisotopic (exact) mass is 619 g/mol. The van der Waals surface area contributed by atoms with Crippen LogP contribution >= 0.6 is 0 Å². The molecule has 242 valence electrons. The maximum Gasteiger partial charge on any atom is 0.254 e. The number of rotatable bonds is 11. The molecule has 0 bridgehead atoms. The zero-order valence-corrected chi connectivity index (χ0v) is 26.4. The zero-order valence-electron chi connectivity index (χ0n) is 26.4. The lowest BCUT2D eigenvalue weighted by atomic mass is 9.90. The van der Waals surface area contributed by atoms with E-state index in [0.29, 0.717) is 51.6 Å². The van der Waals surface area contributed by atoms with Crippen molar-refractivity contribution in [2.24, 2.45) is 10.7 Å². The molecule has 2 aromatic carbocycles. The Morgan fingerprint density at radius 3 is 2.51 bits per heavy atom. The number of carbonyl (C=O) groups excluding carboxylic acids is 3. The van der Waals surface area contributed by atoms with Gasteiger partial charge in [-0.15, -0.1) is 0 Å². The Morgan fingerprint density at radius 1 is 1.07 bits per heavy atom. The summed E-state index contributed by atoms with van der Waals surface area (Å²) in [5.74, 6) is -0.454. The molecular weight excluding hydrogens is 574 g/mol. The molecule has 3 aliphatic heterocycles. The van der Waals surface area contributed by atoms with Crippen LogP contribution in [0.15, 0.2) is 59.6 Å². The van der Waals surface area contributed by atoms with Crippen LogP contribution in [0, 0.1) is 6.92 Å². The molecule has 2 aromatic rings. The summed E-state index contributed by atoms with van der Waals surface area (Å²) in [7, 11) is 0. The van der Waals surface area contributed by atoms with Crippen LogP contribution in [-0.2, 0) is 41.6 Å². The van der Waals surface area contributed by atoms with E-state index in [9.17, 15) is 14.4 Å². The first kappa shape index (κ1) is 32.6. The number of nitrogens with one attached hydrogen (secondary N) is 1. The van der Waals surface area contributed by atoms with Crippen LogP contribution in [0.5, 0.6) is 0 Å². The number of benzene rings is 2. The lowest BCUT2D eigenvalue weighted by Gasteiger charge is -2.33. The predicted octanol–water partition coefficient (Wildman–Crippen LogP) is 1.99. The second-order valence-corrected chi connectivity index (χ2v) is 12.3. The highest BCUT2D eigenvalue weighted by Gasteiger charge is 2.50. The SMILES string of the molecule is Cc1cccc(C[C@]2(C(=O)N3CCOCC3)COC(C3CCCN3C(=O)C(NC(=O)C(C)N)C(C)OCc3ccccc3)=N2)c1. The highest BCUT2D eigenvalue weighted by molar-refractivity contribution is 5.97. The van der Waals surface area contributed by atoms with E-state index in [-0.39, 0.29) is 25.0 Å². The van der Waals surface area contributed by atoms with E-state index in [1.807, 2.05) is 55.5 Å². The summed E-state index contributed by atoms with van der Waals surface area (Å²) in [6.45, 7) is 8.15. The number of nitrogens with two attached hydrogens (primary N) is 1. The van der Waals surface area contributed by atoms with Crippen LogP contribution in [0.25, 0.3) is 0 Å². The lowest BCUT2D eigenvalue weighted by Crippen LogP contribution is -2.58. The standard InChI is InChI=1S/C34H45N5O6/c1-23-9-7-12-27(19-23)20-34(33(42)38-15-17-43-18-16-38)22-45-31(37-34)28-13-8-14-39(28)32(41)29(36-30(40)24(2)35)25(3)44-21-26-10-5-4-6-11-26/h4-7,9-12,19,24-25,28-29H,8,13-18,20-22,35H2,1-3H3,(H,36,40)/t24?,25?,28?,29?,34-/m1/s1. The molecular formula is C34H45N5O6. The van der Waals surface area contributed by atoms with Crippen LogP contribution in [0.3, 0.4) is 0 Å². The van der Waals surface area contributed by atoms with Crippen LogP contribution in [-0.4, -0.2) is 103 Å². The zero-order chi connectivity index (χ0) is 32.0. The summed E-state index contributed by atoms with van der Waals surface area (Å²) < 4.78 is 17.8. The number of likely N-dealkylation sites (tertiary alicyclic amines) is 1. The number of nitrogens with zero attached hydrogens (tertiary/aromatic N) is 3. The molecule has 2 saturated heterocycles. The number of ether oxygens (including phenoxy) is 3. The van der Waals surface area contributed by atoms with Crippen molar-refractivity contribution in [2.45, 2.75) is 76.4 Å². The Bertz CT molecular complexity index is 1380. The van der Waals surface area contributed by atoms with Gasteiger partial charge in [0.2, 0.25) is 17.7 Å². The Hall–Kier alpha value is -3.80. The van der Waals surface area contributed by atoms with Gasteiger partial charge in [-0.25, -0.2) is 4.99 Å². The van der Waals surface area contributed by atoms with Crippen molar-refractivity contribution in [3.63, 3.8) is 0 Å². The normalized spacial score (nSPS) is 23.6. The van der Waals surface area contributed by atoms with Crippen molar-refractivity contribution in [2.75, 3.05) is 39.5 Å². The summed E-state index contributed by atoms with van der Waals surface area (Å²) in [6.07, 6.45) is 1.10. The highest BCUT2D eigenvalue weighted by atomic mass is 16.5. The van der Waals surface area contributed by atoms with Crippen molar-refractivity contribution >= 4 is 23.6 Å². The predicted molar refractivity (Wildman–Crippen MR) is 169 cm³/mol. The van der Waals surface area contributed by atoms with Gasteiger partial charge in [-0.05, 0) is 44.7 Å². The largest absolute Gasteiger partial charge is 0.476 e. The molecule has 3 N–H and O–H groups in total. The molecule has 5 rings (SSSR count). The van der Waals surface area contributed by atoms with Crippen molar-refractivity contribution in [3.05, 3.63) is 71.3 Å². The summed E-state index contributed by atoms with van der Waals surface area (Å²) >= 11 is 0. The van der Waals surface area contributed by atoms with E-state index in [1.54, 1.807) is 23.6 Å². The molecule has 0 aromatic heterocycles. The fourth-order valence-electron chi connectivity index (χ4n) is 6.16. The van der Waals surface area contributed by atoms with Crippen LogP contribution in [0.1, 0.15) is 43.4 Å². The van der Waals surface area contributed by atoms with Gasteiger partial charge in [0.25, 0.3) is 5.91 Å². The van der Waals surface area contributed by atoms with Crippen molar-refractivity contribution < 1.29 is 28.6 Å². The number of hydrogen-bond donors (Lipinski definition) is 2. The molecule has 3 heterocycles. The number of aliphatic imine (C=N–C) groups is 1. The number of hydrogen-bond acceptors (Lipinski definition) is 8. The Labute approximate surface area is 265 Å². The molecule has 11 nitrogen and oxygen atoms in total. The molecule has 0 aliphatic carbocycles. The van der Waals surface area contributed by atoms with E-state index >= 15 is 0 Å². The minimum absolute atomic E-state index is 0.0897. The van der Waals surface area contributed by atoms with Gasteiger partial charge >= 0.3 is 0 Å². The first-order valence-electron chi connectivity index (χ1n) is 15.8. The Kier molecular flexibility index (Phi) is 10.5. The van der Waals surface area contributed by atoms with Gasteiger partial charge in [-0.2, -0.15) is 0 Å². The molecule has 45 heavy (non-hydrogen) atoms. The van der Waals surface area contributed by atoms with Gasteiger partial charge in [0.1, 0.15) is 18.7 Å². The number of carbonyl (C=O) groups is 3. The second-order valence-electron chi connectivity index (χ2n) is 12.3. The first-order chi connectivity index (χ1) is 21.7. The van der Waals surface area contributed by atoms with Gasteiger partial charge in [-0.1, -0.05) is 60.2 Å². The second kappa shape index (κ2) is 14.5. The molecule has 2 fully saturated rings. The molecule has 11 heteroatoms. The highest BCUT2D eigenvalue weighted by Crippen LogP contribution is 2.32. The van der Waals surface area contributed by atoms with Gasteiger partial charge < -0.3 is 35.1 Å². The molecule has 3 amide bonds. The van der Waals surface area contributed by atoms with E-state index in [4.69, 9.17) is 24.9 Å². The smallest absolute Gasteiger partial charge is 0.254 e. The molecule has 4 unspecified atom stereocenters. The van der Waals surface area contributed by atoms with Crippen molar-refractivity contribution in [1.82, 2.24) is 15.1 Å². The third-order valence-corrected chi connectivity index (χ3v) is 8.68. The lowest BCUT2D eigenvalue weighted by molar-refractivity contribution is -0.142. The minimum Gasteiger partial charge on any atom is -0.476 e. The number of morpholine rings is 1. The third-order valence-electron chi connectivity index (χ3n) is 8.68. The van der Waals surface area contributed by atoms with Crippen molar-refractivity contribution in [3.8, 4) is 0 Å². The quantitative estimate of drug-likeness (QED) is 0.393. The van der Waals surface area contributed by atoms with E-state index in [2.05, 4.69) is 11.4 Å². The molecule has 5 atom stereocenters. The van der Waals surface area contributed by atoms with Crippen LogP contribution < -0.4 is 11.1 Å². The van der Waals surface area contributed by atoms with E-state index < -0.39 is 35.7 Å². The number of aryl methyl sites for hydroxylation is 1. The Morgan fingerprint density at radius 2 is 1.80 bits per heavy atom. The molecule has 0 saturated carbocycles. The van der Waals surface area contributed by atoms with Gasteiger partial charge in [-0.3, -0.25) is 14.4 Å². The van der Waals surface area contributed by atoms with Crippen molar-refractivity contribution in [1.29, 1.82) is 0 Å². The average Bonchev–Trinajstić information content (AvgIpc) is 3.71. The van der Waals surface area contributed by atoms with E-state index in [1.165, 1.54) is 0 Å². The van der Waals surface area contributed by atoms with Gasteiger partial charge in [0.15, 0.2) is 5.54 Å². The Balaban J connectivity index is 1.39. The summed E-state index contributed by atoms with van der Waals surface area (Å²) in [5, 5.41) is 2.82. The summed E-state index contributed by atoms with van der Waals surface area (Å²) in [5.41, 5.74) is 7.76. The fraction of sp³-hybridized carbons (Fsp3) is 0.529. The molecule has 3 aliphatic rings. The molecule has 0 spiro atoms. The fourth-order valence-corrected chi connectivity index (χ4v) is 6.16. The van der Waals surface area contributed by atoms with E-state index in [0.717, 1.165) is 23.1 Å². The average molecular weight is 620 g/mol.